The summed E-state index contributed by atoms with van der Waals surface area (Å²) in [6.45, 7) is 2.89. The van der Waals surface area contributed by atoms with Crippen LogP contribution < -0.4 is 5.32 Å². The molecule has 2 N–H and O–H groups in total. The number of nitrogens with one attached hydrogen (secondary N) is 2. The van der Waals surface area contributed by atoms with Crippen molar-refractivity contribution in [2.75, 3.05) is 19.8 Å². The zero-order valence-electron chi connectivity index (χ0n) is 10.7. The van der Waals surface area contributed by atoms with Crippen LogP contribution in [-0.4, -0.2) is 35.6 Å². The number of hydrogen-bond donors (Lipinski definition) is 2. The van der Waals surface area contributed by atoms with E-state index in [0.29, 0.717) is 25.1 Å². The van der Waals surface area contributed by atoms with Crippen molar-refractivity contribution >= 4 is 16.9 Å². The van der Waals surface area contributed by atoms with Crippen LogP contribution in [0.2, 0.25) is 0 Å². The van der Waals surface area contributed by atoms with Gasteiger partial charge >= 0.3 is 0 Å². The SMILES string of the molecule is CCOCC(=O)NCCc1nc2ccc(F)cc2[nH]1. The lowest BCUT2D eigenvalue weighted by Gasteiger charge is -2.03. The summed E-state index contributed by atoms with van der Waals surface area (Å²) < 4.78 is 18.0. The predicted octanol–water partition coefficient (Wildman–Crippen LogP) is 1.40. The Morgan fingerprint density at radius 3 is 3.16 bits per heavy atom. The molecule has 1 heterocycles. The van der Waals surface area contributed by atoms with Crippen molar-refractivity contribution in [1.82, 2.24) is 15.3 Å². The molecule has 2 aromatic rings. The molecule has 0 unspecified atom stereocenters. The second-order valence-electron chi connectivity index (χ2n) is 4.08. The predicted molar refractivity (Wildman–Crippen MR) is 69.3 cm³/mol. The molecule has 0 atom stereocenters. The minimum atomic E-state index is -0.298. The van der Waals surface area contributed by atoms with E-state index < -0.39 is 0 Å². The Kier molecular flexibility index (Phi) is 4.46. The Balaban J connectivity index is 1.86. The van der Waals surface area contributed by atoms with Crippen LogP contribution in [0.15, 0.2) is 18.2 Å². The lowest BCUT2D eigenvalue weighted by atomic mass is 10.3. The number of fused-ring (bicyclic) bond motifs is 1. The van der Waals surface area contributed by atoms with Gasteiger partial charge in [0.25, 0.3) is 0 Å². The van der Waals surface area contributed by atoms with Gasteiger partial charge in [-0.25, -0.2) is 9.37 Å². The first-order chi connectivity index (χ1) is 9.19. The number of halogens is 1. The number of aromatic amines is 1. The quantitative estimate of drug-likeness (QED) is 0.829. The highest BCUT2D eigenvalue weighted by atomic mass is 19.1. The van der Waals surface area contributed by atoms with Crippen LogP contribution in [0.4, 0.5) is 4.39 Å². The number of ether oxygens (including phenoxy) is 1. The highest BCUT2D eigenvalue weighted by Crippen LogP contribution is 2.12. The topological polar surface area (TPSA) is 67.0 Å². The first-order valence-corrected chi connectivity index (χ1v) is 6.17. The van der Waals surface area contributed by atoms with Crippen LogP contribution in [-0.2, 0) is 16.0 Å². The van der Waals surface area contributed by atoms with E-state index in [1.54, 1.807) is 6.07 Å². The number of benzene rings is 1. The minimum Gasteiger partial charge on any atom is -0.372 e. The molecule has 19 heavy (non-hydrogen) atoms. The Hall–Kier alpha value is -1.95. The van der Waals surface area contributed by atoms with E-state index >= 15 is 0 Å². The molecule has 5 nitrogen and oxygen atoms in total. The minimum absolute atomic E-state index is 0.0713. The highest BCUT2D eigenvalue weighted by molar-refractivity contribution is 5.77. The van der Waals surface area contributed by atoms with Crippen LogP contribution in [0.3, 0.4) is 0 Å². The van der Waals surface area contributed by atoms with E-state index in [2.05, 4.69) is 15.3 Å². The Morgan fingerprint density at radius 1 is 1.53 bits per heavy atom. The fraction of sp³-hybridized carbons (Fsp3) is 0.385. The number of imidazole rings is 1. The van der Waals surface area contributed by atoms with Crippen LogP contribution in [0.25, 0.3) is 11.0 Å². The molecule has 1 aromatic heterocycles. The van der Waals surface area contributed by atoms with Gasteiger partial charge in [-0.15, -0.1) is 0 Å². The summed E-state index contributed by atoms with van der Waals surface area (Å²) in [7, 11) is 0. The summed E-state index contributed by atoms with van der Waals surface area (Å²) in [6.07, 6.45) is 0.564. The van der Waals surface area contributed by atoms with Gasteiger partial charge in [0.15, 0.2) is 0 Å². The summed E-state index contributed by atoms with van der Waals surface area (Å²) >= 11 is 0. The zero-order valence-corrected chi connectivity index (χ0v) is 10.7. The van der Waals surface area contributed by atoms with Crippen molar-refractivity contribution in [2.45, 2.75) is 13.3 Å². The summed E-state index contributed by atoms with van der Waals surface area (Å²) in [5, 5.41) is 2.72. The van der Waals surface area contributed by atoms with Crippen LogP contribution >= 0.6 is 0 Å². The maximum absolute atomic E-state index is 13.0. The number of H-pyrrole nitrogens is 1. The van der Waals surface area contributed by atoms with Crippen molar-refractivity contribution in [3.8, 4) is 0 Å². The smallest absolute Gasteiger partial charge is 0.246 e. The molecule has 0 bridgehead atoms. The molecule has 0 spiro atoms. The average molecular weight is 265 g/mol. The standard InChI is InChI=1S/C13H16FN3O2/c1-2-19-8-13(18)15-6-5-12-16-10-4-3-9(14)7-11(10)17-12/h3-4,7H,2,5-6,8H2,1H3,(H,15,18)(H,16,17). The molecule has 6 heteroatoms. The summed E-state index contributed by atoms with van der Waals surface area (Å²) in [6, 6.07) is 4.40. The van der Waals surface area contributed by atoms with Gasteiger partial charge in [-0.3, -0.25) is 4.79 Å². The van der Waals surface area contributed by atoms with Crippen LogP contribution in [0.5, 0.6) is 0 Å². The molecule has 0 aliphatic heterocycles. The van der Waals surface area contributed by atoms with Gasteiger partial charge in [-0.1, -0.05) is 0 Å². The second kappa shape index (κ2) is 6.29. The van der Waals surface area contributed by atoms with Gasteiger partial charge in [0.1, 0.15) is 18.2 Å². The number of aromatic nitrogens is 2. The largest absolute Gasteiger partial charge is 0.372 e. The Bertz CT molecular complexity index is 568. The molecule has 0 aliphatic carbocycles. The number of carbonyl (C=O) groups excluding carboxylic acids is 1. The van der Waals surface area contributed by atoms with Gasteiger partial charge in [0, 0.05) is 19.6 Å². The van der Waals surface area contributed by atoms with Crippen molar-refractivity contribution in [3.05, 3.63) is 29.8 Å². The second-order valence-corrected chi connectivity index (χ2v) is 4.08. The third kappa shape index (κ3) is 3.75. The van der Waals surface area contributed by atoms with E-state index in [1.807, 2.05) is 6.92 Å². The third-order valence-corrected chi connectivity index (χ3v) is 2.61. The lowest BCUT2D eigenvalue weighted by Crippen LogP contribution is -2.29. The van der Waals surface area contributed by atoms with E-state index in [1.165, 1.54) is 12.1 Å². The molecule has 0 saturated heterocycles. The highest BCUT2D eigenvalue weighted by Gasteiger charge is 2.05. The van der Waals surface area contributed by atoms with Crippen LogP contribution in [0, 0.1) is 5.82 Å². The molecule has 1 amide bonds. The van der Waals surface area contributed by atoms with Gasteiger partial charge in [-0.2, -0.15) is 0 Å². The molecule has 1 aromatic carbocycles. The number of hydrogen-bond acceptors (Lipinski definition) is 3. The zero-order chi connectivity index (χ0) is 13.7. The van der Waals surface area contributed by atoms with Crippen molar-refractivity contribution in [2.24, 2.45) is 0 Å². The average Bonchev–Trinajstić information content (AvgIpc) is 2.78. The maximum Gasteiger partial charge on any atom is 0.246 e. The van der Waals surface area contributed by atoms with Crippen molar-refractivity contribution in [1.29, 1.82) is 0 Å². The van der Waals surface area contributed by atoms with E-state index in [0.717, 1.165) is 11.3 Å². The number of nitrogens with zero attached hydrogens (tertiary/aromatic N) is 1. The maximum atomic E-state index is 13.0. The van der Waals surface area contributed by atoms with Gasteiger partial charge < -0.3 is 15.0 Å². The Morgan fingerprint density at radius 2 is 2.37 bits per heavy atom. The summed E-state index contributed by atoms with van der Waals surface area (Å²) in [5.41, 5.74) is 1.38. The van der Waals surface area contributed by atoms with E-state index in [-0.39, 0.29) is 18.3 Å². The molecule has 0 aliphatic rings. The van der Waals surface area contributed by atoms with Gasteiger partial charge in [-0.05, 0) is 25.1 Å². The molecule has 2 rings (SSSR count). The normalized spacial score (nSPS) is 10.8. The first-order valence-electron chi connectivity index (χ1n) is 6.17. The number of rotatable bonds is 6. The molecule has 0 saturated carbocycles. The van der Waals surface area contributed by atoms with Gasteiger partial charge in [0.05, 0.1) is 11.0 Å². The Labute approximate surface area is 110 Å². The first kappa shape index (κ1) is 13.5. The number of amides is 1. The summed E-state index contributed by atoms with van der Waals surface area (Å²) in [5.74, 6) is 0.272. The molecule has 0 radical (unpaired) electrons. The molecular weight excluding hydrogens is 249 g/mol. The molecular formula is C13H16FN3O2. The van der Waals surface area contributed by atoms with Crippen molar-refractivity contribution in [3.63, 3.8) is 0 Å². The lowest BCUT2D eigenvalue weighted by molar-refractivity contribution is -0.125. The van der Waals surface area contributed by atoms with E-state index in [4.69, 9.17) is 4.74 Å². The fourth-order valence-corrected chi connectivity index (χ4v) is 1.72. The monoisotopic (exact) mass is 265 g/mol. The summed E-state index contributed by atoms with van der Waals surface area (Å²) in [4.78, 5) is 18.6. The molecule has 102 valence electrons. The third-order valence-electron chi connectivity index (χ3n) is 2.61. The van der Waals surface area contributed by atoms with E-state index in [9.17, 15) is 9.18 Å². The molecule has 0 fully saturated rings. The van der Waals surface area contributed by atoms with Gasteiger partial charge in [0.2, 0.25) is 5.91 Å². The van der Waals surface area contributed by atoms with Crippen LogP contribution in [0.1, 0.15) is 12.7 Å². The fourth-order valence-electron chi connectivity index (χ4n) is 1.72. The van der Waals surface area contributed by atoms with Crippen molar-refractivity contribution < 1.29 is 13.9 Å². The number of carbonyl (C=O) groups is 1.